The first-order chi connectivity index (χ1) is 5.66. The van der Waals surface area contributed by atoms with Crippen molar-refractivity contribution >= 4 is 10.1 Å². The van der Waals surface area contributed by atoms with Crippen LogP contribution in [0.4, 0.5) is 13.2 Å². The Kier molecular flexibility index (Phi) is 12.3. The van der Waals surface area contributed by atoms with Gasteiger partial charge in [-0.05, 0) is 0 Å². The molecule has 3 nitrogen and oxygen atoms in total. The fourth-order valence-corrected chi connectivity index (χ4v) is 0.250. The van der Waals surface area contributed by atoms with Gasteiger partial charge in [0.1, 0.15) is 0 Å². The summed E-state index contributed by atoms with van der Waals surface area (Å²) < 4.78 is 58.9. The van der Waals surface area contributed by atoms with Crippen LogP contribution in [0.3, 0.4) is 0 Å². The SMILES string of the molecule is O=S(=O)([O-])C(F)(F)F.[CH2-]CCCC.[Pd+2]. The van der Waals surface area contributed by atoms with Crippen LogP contribution < -0.4 is 0 Å². The molecular formula is C6H11F3O3PdS. The first-order valence-electron chi connectivity index (χ1n) is 3.48. The summed E-state index contributed by atoms with van der Waals surface area (Å²) in [6, 6.07) is 0. The van der Waals surface area contributed by atoms with E-state index in [9.17, 15) is 13.2 Å². The quantitative estimate of drug-likeness (QED) is 0.338. The minimum absolute atomic E-state index is 0. The summed E-state index contributed by atoms with van der Waals surface area (Å²) in [5.74, 6) is 0. The number of hydrogen-bond donors (Lipinski definition) is 0. The van der Waals surface area contributed by atoms with Crippen LogP contribution in [0, 0.1) is 6.92 Å². The minimum atomic E-state index is -6.09. The molecule has 0 aliphatic heterocycles. The summed E-state index contributed by atoms with van der Waals surface area (Å²) in [5.41, 5.74) is -5.65. The van der Waals surface area contributed by atoms with Crippen LogP contribution in [-0.2, 0) is 30.5 Å². The van der Waals surface area contributed by atoms with Crippen molar-refractivity contribution in [1.82, 2.24) is 0 Å². The van der Waals surface area contributed by atoms with Gasteiger partial charge in [0.2, 0.25) is 0 Å². The van der Waals surface area contributed by atoms with Gasteiger partial charge in [-0.3, -0.25) is 0 Å². The first kappa shape index (κ1) is 19.9. The second-order valence-corrected chi connectivity index (χ2v) is 3.48. The van der Waals surface area contributed by atoms with Crippen molar-refractivity contribution in [2.24, 2.45) is 0 Å². The fraction of sp³-hybridized carbons (Fsp3) is 0.833. The number of alkyl halides is 3. The third-order valence-electron chi connectivity index (χ3n) is 0.887. The van der Waals surface area contributed by atoms with Crippen LogP contribution in [0.5, 0.6) is 0 Å². The molecule has 0 saturated heterocycles. The van der Waals surface area contributed by atoms with Crippen LogP contribution in [0.25, 0.3) is 0 Å². The smallest absolute Gasteiger partial charge is 0.741 e. The van der Waals surface area contributed by atoms with Crippen LogP contribution >= 0.6 is 0 Å². The molecule has 0 bridgehead atoms. The fourth-order valence-electron chi connectivity index (χ4n) is 0.250. The zero-order valence-electron chi connectivity index (χ0n) is 7.41. The number of unbranched alkanes of at least 4 members (excludes halogenated alkanes) is 2. The number of halogens is 3. The van der Waals surface area contributed by atoms with Crippen LogP contribution in [0.15, 0.2) is 0 Å². The molecule has 0 radical (unpaired) electrons. The predicted octanol–water partition coefficient (Wildman–Crippen LogP) is 2.06. The second-order valence-electron chi connectivity index (χ2n) is 2.11. The normalized spacial score (nSPS) is 11.0. The Morgan fingerprint density at radius 2 is 1.64 bits per heavy atom. The molecule has 0 aliphatic rings. The number of hydrogen-bond acceptors (Lipinski definition) is 3. The van der Waals surface area contributed by atoms with Gasteiger partial charge in [0, 0.05) is 0 Å². The van der Waals surface area contributed by atoms with Gasteiger partial charge in [-0.2, -0.15) is 19.6 Å². The zero-order chi connectivity index (χ0) is 11.1. The molecule has 14 heavy (non-hydrogen) atoms. The molecule has 0 rings (SSSR count). The molecule has 8 heteroatoms. The zero-order valence-corrected chi connectivity index (χ0v) is 9.78. The van der Waals surface area contributed by atoms with Crippen molar-refractivity contribution in [2.45, 2.75) is 31.7 Å². The molecule has 90 valence electrons. The van der Waals surface area contributed by atoms with Crippen molar-refractivity contribution < 1.29 is 46.6 Å². The van der Waals surface area contributed by atoms with E-state index < -0.39 is 15.6 Å². The summed E-state index contributed by atoms with van der Waals surface area (Å²) in [4.78, 5) is 0. The van der Waals surface area contributed by atoms with Crippen LogP contribution in [0.1, 0.15) is 26.2 Å². The van der Waals surface area contributed by atoms with Gasteiger partial charge in [-0.1, -0.05) is 19.8 Å². The van der Waals surface area contributed by atoms with Crippen LogP contribution in [0.2, 0.25) is 0 Å². The van der Waals surface area contributed by atoms with Gasteiger partial charge in [0.05, 0.1) is 0 Å². The molecule has 0 heterocycles. The van der Waals surface area contributed by atoms with Gasteiger partial charge < -0.3 is 11.5 Å². The summed E-state index contributed by atoms with van der Waals surface area (Å²) in [7, 11) is -6.09. The standard InChI is InChI=1S/C5H11.CHF3O3S.Pd/c1-3-5-4-2;2-1(3,4)8(5,6)7;/h1,3-5H2,2H3;(H,5,6,7);/q-1;;+2/p-1. The number of rotatable bonds is 2. The van der Waals surface area contributed by atoms with Gasteiger partial charge in [-0.15, -0.1) is 0 Å². The predicted molar refractivity (Wildman–Crippen MR) is 40.6 cm³/mol. The Morgan fingerprint density at radius 3 is 1.64 bits per heavy atom. The summed E-state index contributed by atoms with van der Waals surface area (Å²) >= 11 is 0. The molecule has 0 aromatic rings. The summed E-state index contributed by atoms with van der Waals surface area (Å²) in [5, 5.41) is 0. The molecule has 0 amide bonds. The third kappa shape index (κ3) is 12.4. The molecule has 0 aliphatic carbocycles. The maximum Gasteiger partial charge on any atom is 2.00 e. The van der Waals surface area contributed by atoms with E-state index in [0.717, 1.165) is 6.42 Å². The molecule has 0 aromatic heterocycles. The van der Waals surface area contributed by atoms with E-state index in [4.69, 9.17) is 13.0 Å². The monoisotopic (exact) mass is 326 g/mol. The first-order valence-corrected chi connectivity index (χ1v) is 4.89. The van der Waals surface area contributed by atoms with Crippen molar-refractivity contribution in [2.75, 3.05) is 0 Å². The Hall–Kier alpha value is 0.362. The van der Waals surface area contributed by atoms with E-state index >= 15 is 0 Å². The average Bonchev–Trinajstić information content (AvgIpc) is 1.85. The molecule has 0 unspecified atom stereocenters. The van der Waals surface area contributed by atoms with Crippen LogP contribution in [-0.4, -0.2) is 18.5 Å². The van der Waals surface area contributed by atoms with Crippen molar-refractivity contribution in [3.63, 3.8) is 0 Å². The molecule has 0 atom stereocenters. The van der Waals surface area contributed by atoms with E-state index in [1.807, 2.05) is 0 Å². The summed E-state index contributed by atoms with van der Waals surface area (Å²) in [6.07, 6.45) is 3.65. The van der Waals surface area contributed by atoms with Crippen molar-refractivity contribution in [1.29, 1.82) is 0 Å². The molecule has 0 spiro atoms. The topological polar surface area (TPSA) is 57.2 Å². The maximum absolute atomic E-state index is 10.7. The van der Waals surface area contributed by atoms with Gasteiger partial charge in [-0.25, -0.2) is 8.42 Å². The molecule has 0 fully saturated rings. The maximum atomic E-state index is 10.7. The Bertz CT molecular complexity index is 211. The van der Waals surface area contributed by atoms with Crippen molar-refractivity contribution in [3.8, 4) is 0 Å². The Balaban J connectivity index is -0.000000177. The second kappa shape index (κ2) is 8.65. The van der Waals surface area contributed by atoms with Gasteiger partial charge >= 0.3 is 25.9 Å². The van der Waals surface area contributed by atoms with Gasteiger partial charge in [0.25, 0.3) is 0 Å². The van der Waals surface area contributed by atoms with E-state index in [1.165, 1.54) is 12.8 Å². The largest absolute Gasteiger partial charge is 2.00 e. The summed E-state index contributed by atoms with van der Waals surface area (Å²) in [6.45, 7) is 5.85. The molecular weight excluding hydrogens is 316 g/mol. The van der Waals surface area contributed by atoms with E-state index in [0.29, 0.717) is 0 Å². The molecule has 0 N–H and O–H groups in total. The van der Waals surface area contributed by atoms with E-state index in [-0.39, 0.29) is 20.4 Å². The van der Waals surface area contributed by atoms with Crippen molar-refractivity contribution in [3.05, 3.63) is 6.92 Å². The van der Waals surface area contributed by atoms with E-state index in [2.05, 4.69) is 13.8 Å². The molecule has 0 saturated carbocycles. The minimum Gasteiger partial charge on any atom is -0.741 e. The molecule has 0 aromatic carbocycles. The Morgan fingerprint density at radius 1 is 1.36 bits per heavy atom. The van der Waals surface area contributed by atoms with Gasteiger partial charge in [0.15, 0.2) is 10.1 Å². The average molecular weight is 327 g/mol. The van der Waals surface area contributed by atoms with E-state index in [1.54, 1.807) is 0 Å². The third-order valence-corrected chi connectivity index (χ3v) is 1.45. The Labute approximate surface area is 95.5 Å².